The summed E-state index contributed by atoms with van der Waals surface area (Å²) in [5.41, 5.74) is 0.726. The Bertz CT molecular complexity index is 932. The van der Waals surface area contributed by atoms with Crippen LogP contribution in [0, 0.1) is 22.0 Å². The topological polar surface area (TPSA) is 101 Å². The number of nitro benzene ring substituents is 1. The Balaban J connectivity index is 2.07. The minimum atomic E-state index is -0.658. The van der Waals surface area contributed by atoms with Gasteiger partial charge in [-0.15, -0.1) is 0 Å². The van der Waals surface area contributed by atoms with Gasteiger partial charge in [-0.25, -0.2) is 0 Å². The van der Waals surface area contributed by atoms with Gasteiger partial charge >= 0.3 is 0 Å². The second-order valence-corrected chi connectivity index (χ2v) is 5.44. The lowest BCUT2D eigenvalue weighted by atomic mass is 10.1. The van der Waals surface area contributed by atoms with Crippen molar-refractivity contribution in [1.29, 1.82) is 0 Å². The standard InChI is InChI=1S/C18H14ClN3O4/c1-20-18(24)14-7-3-2-5-12(14)6-4-10-21-17(23)13-8-9-15(19)16(11-13)22(25)26/h2-3,5,7-9,11H,10H2,1H3,(H,20,24)(H,21,23). The summed E-state index contributed by atoms with van der Waals surface area (Å²) in [6, 6.07) is 10.6. The van der Waals surface area contributed by atoms with Gasteiger partial charge in [0.2, 0.25) is 0 Å². The summed E-state index contributed by atoms with van der Waals surface area (Å²) in [5.74, 6) is 4.80. The first-order valence-corrected chi connectivity index (χ1v) is 7.84. The molecule has 2 aromatic carbocycles. The summed E-state index contributed by atoms with van der Waals surface area (Å²) in [4.78, 5) is 34.0. The van der Waals surface area contributed by atoms with E-state index in [2.05, 4.69) is 22.5 Å². The average Bonchev–Trinajstić information content (AvgIpc) is 2.64. The second kappa shape index (κ2) is 8.65. The Labute approximate surface area is 154 Å². The number of hydrogen-bond acceptors (Lipinski definition) is 4. The molecule has 2 aromatic rings. The van der Waals surface area contributed by atoms with Crippen LogP contribution >= 0.6 is 11.6 Å². The van der Waals surface area contributed by atoms with Gasteiger partial charge in [-0.05, 0) is 24.3 Å². The van der Waals surface area contributed by atoms with Crippen LogP contribution < -0.4 is 10.6 Å². The third-order valence-corrected chi connectivity index (χ3v) is 3.68. The number of carbonyl (C=O) groups is 2. The summed E-state index contributed by atoms with van der Waals surface area (Å²) in [7, 11) is 1.53. The van der Waals surface area contributed by atoms with Crippen molar-refractivity contribution in [2.75, 3.05) is 13.6 Å². The minimum Gasteiger partial charge on any atom is -0.355 e. The van der Waals surface area contributed by atoms with Crippen molar-refractivity contribution in [2.24, 2.45) is 0 Å². The van der Waals surface area contributed by atoms with Crippen molar-refractivity contribution in [1.82, 2.24) is 10.6 Å². The first-order chi connectivity index (χ1) is 12.4. The maximum Gasteiger partial charge on any atom is 0.288 e. The molecule has 0 aliphatic heterocycles. The summed E-state index contributed by atoms with van der Waals surface area (Å²) < 4.78 is 0. The molecule has 0 bridgehead atoms. The molecule has 26 heavy (non-hydrogen) atoms. The molecule has 2 N–H and O–H groups in total. The van der Waals surface area contributed by atoms with E-state index >= 15 is 0 Å². The van der Waals surface area contributed by atoms with Crippen LogP contribution in [0.25, 0.3) is 0 Å². The highest BCUT2D eigenvalue weighted by Crippen LogP contribution is 2.24. The van der Waals surface area contributed by atoms with Crippen LogP contribution in [0.4, 0.5) is 5.69 Å². The van der Waals surface area contributed by atoms with Gasteiger partial charge in [-0.1, -0.05) is 35.6 Å². The first-order valence-electron chi connectivity index (χ1n) is 7.46. The molecule has 0 fully saturated rings. The number of carbonyl (C=O) groups excluding carboxylic acids is 2. The highest BCUT2D eigenvalue weighted by Gasteiger charge is 2.15. The van der Waals surface area contributed by atoms with Gasteiger partial charge in [0, 0.05) is 24.2 Å². The molecular formula is C18H14ClN3O4. The van der Waals surface area contributed by atoms with Gasteiger partial charge in [-0.3, -0.25) is 19.7 Å². The van der Waals surface area contributed by atoms with E-state index in [1.54, 1.807) is 24.3 Å². The van der Waals surface area contributed by atoms with E-state index in [9.17, 15) is 19.7 Å². The molecule has 2 rings (SSSR count). The molecule has 0 aliphatic rings. The second-order valence-electron chi connectivity index (χ2n) is 5.03. The van der Waals surface area contributed by atoms with E-state index in [1.807, 2.05) is 0 Å². The smallest absolute Gasteiger partial charge is 0.288 e. The Hall–Kier alpha value is -3.37. The lowest BCUT2D eigenvalue weighted by molar-refractivity contribution is -0.384. The van der Waals surface area contributed by atoms with Crippen LogP contribution in [0.3, 0.4) is 0 Å². The zero-order valence-corrected chi connectivity index (χ0v) is 14.5. The van der Waals surface area contributed by atoms with Gasteiger partial charge in [-0.2, -0.15) is 0 Å². The summed E-state index contributed by atoms with van der Waals surface area (Å²) in [6.45, 7) is 0.0112. The normalized spacial score (nSPS) is 9.62. The fraction of sp³-hybridized carbons (Fsp3) is 0.111. The number of rotatable bonds is 4. The van der Waals surface area contributed by atoms with Crippen LogP contribution in [0.1, 0.15) is 26.3 Å². The number of amides is 2. The van der Waals surface area contributed by atoms with Crippen molar-refractivity contribution in [3.8, 4) is 11.8 Å². The van der Waals surface area contributed by atoms with E-state index in [1.165, 1.54) is 19.2 Å². The highest BCUT2D eigenvalue weighted by atomic mass is 35.5. The van der Waals surface area contributed by atoms with Crippen molar-refractivity contribution < 1.29 is 14.5 Å². The summed E-state index contributed by atoms with van der Waals surface area (Å²) >= 11 is 5.71. The average molecular weight is 372 g/mol. The molecule has 0 unspecified atom stereocenters. The van der Waals surface area contributed by atoms with Crippen molar-refractivity contribution in [3.05, 3.63) is 74.3 Å². The molecule has 2 amide bonds. The predicted octanol–water partition coefficient (Wildman–Crippen LogP) is 2.39. The third kappa shape index (κ3) is 4.59. The van der Waals surface area contributed by atoms with E-state index in [4.69, 9.17) is 11.6 Å². The van der Waals surface area contributed by atoms with Crippen molar-refractivity contribution in [2.45, 2.75) is 0 Å². The lowest BCUT2D eigenvalue weighted by Crippen LogP contribution is -2.23. The number of halogens is 1. The summed E-state index contributed by atoms with van der Waals surface area (Å²) in [6.07, 6.45) is 0. The van der Waals surface area contributed by atoms with Crippen LogP contribution in [0.2, 0.25) is 5.02 Å². The number of nitro groups is 1. The Morgan fingerprint density at radius 2 is 1.92 bits per heavy atom. The SMILES string of the molecule is CNC(=O)c1ccccc1C#CCNC(=O)c1ccc(Cl)c([N+](=O)[O-])c1. The molecule has 0 radical (unpaired) electrons. The molecule has 8 heteroatoms. The van der Waals surface area contributed by atoms with E-state index in [-0.39, 0.29) is 28.7 Å². The number of benzene rings is 2. The van der Waals surface area contributed by atoms with Gasteiger partial charge in [0.05, 0.1) is 17.0 Å². The number of hydrogen-bond donors (Lipinski definition) is 2. The largest absolute Gasteiger partial charge is 0.355 e. The van der Waals surface area contributed by atoms with E-state index < -0.39 is 10.8 Å². The Morgan fingerprint density at radius 3 is 2.62 bits per heavy atom. The van der Waals surface area contributed by atoms with Gasteiger partial charge < -0.3 is 10.6 Å². The van der Waals surface area contributed by atoms with Crippen molar-refractivity contribution in [3.63, 3.8) is 0 Å². The number of nitrogens with zero attached hydrogens (tertiary/aromatic N) is 1. The Morgan fingerprint density at radius 1 is 1.19 bits per heavy atom. The van der Waals surface area contributed by atoms with Crippen molar-refractivity contribution >= 4 is 29.1 Å². The highest BCUT2D eigenvalue weighted by molar-refractivity contribution is 6.32. The quantitative estimate of drug-likeness (QED) is 0.489. The van der Waals surface area contributed by atoms with E-state index in [0.29, 0.717) is 11.1 Å². The molecule has 0 saturated carbocycles. The van der Waals surface area contributed by atoms with E-state index in [0.717, 1.165) is 6.07 Å². The van der Waals surface area contributed by atoms with Gasteiger partial charge in [0.1, 0.15) is 5.02 Å². The van der Waals surface area contributed by atoms with Crippen LogP contribution in [-0.4, -0.2) is 30.3 Å². The van der Waals surface area contributed by atoms with Crippen LogP contribution in [0.15, 0.2) is 42.5 Å². The maximum absolute atomic E-state index is 12.1. The maximum atomic E-state index is 12.1. The summed E-state index contributed by atoms with van der Waals surface area (Å²) in [5, 5.41) is 15.9. The van der Waals surface area contributed by atoms with Crippen LogP contribution in [-0.2, 0) is 0 Å². The van der Waals surface area contributed by atoms with Gasteiger partial charge in [0.25, 0.3) is 17.5 Å². The zero-order valence-electron chi connectivity index (χ0n) is 13.7. The molecule has 0 aromatic heterocycles. The molecule has 0 heterocycles. The Kier molecular flexibility index (Phi) is 6.31. The fourth-order valence-electron chi connectivity index (χ4n) is 2.08. The molecule has 0 saturated heterocycles. The predicted molar refractivity (Wildman–Crippen MR) is 97.1 cm³/mol. The minimum absolute atomic E-state index is 0.0112. The van der Waals surface area contributed by atoms with Gasteiger partial charge in [0.15, 0.2) is 0 Å². The first kappa shape index (κ1) is 19.0. The fourth-order valence-corrected chi connectivity index (χ4v) is 2.27. The molecular weight excluding hydrogens is 358 g/mol. The molecule has 7 nitrogen and oxygen atoms in total. The zero-order chi connectivity index (χ0) is 19.1. The molecule has 0 spiro atoms. The third-order valence-electron chi connectivity index (χ3n) is 3.36. The monoisotopic (exact) mass is 371 g/mol. The number of nitrogens with one attached hydrogen (secondary N) is 2. The molecule has 0 aliphatic carbocycles. The molecule has 0 atom stereocenters. The lowest BCUT2D eigenvalue weighted by Gasteiger charge is -2.03. The molecule has 132 valence electrons. The van der Waals surface area contributed by atoms with Crippen LogP contribution in [0.5, 0.6) is 0 Å².